The first kappa shape index (κ1) is 11.2. The summed E-state index contributed by atoms with van der Waals surface area (Å²) in [6.45, 7) is 0. The molecular formula is C9H9BrClN3. The molecule has 14 heavy (non-hydrogen) atoms. The fourth-order valence-electron chi connectivity index (χ4n) is 1.12. The maximum atomic E-state index is 4.29. The third-order valence-corrected chi connectivity index (χ3v) is 2.26. The van der Waals surface area contributed by atoms with Gasteiger partial charge < -0.3 is 5.32 Å². The molecule has 0 amide bonds. The van der Waals surface area contributed by atoms with Gasteiger partial charge in [-0.05, 0) is 18.2 Å². The average Bonchev–Trinajstić information content (AvgIpc) is 2.17. The van der Waals surface area contributed by atoms with E-state index in [2.05, 4.69) is 31.2 Å². The lowest BCUT2D eigenvalue weighted by Crippen LogP contribution is -1.95. The minimum absolute atomic E-state index is 0. The molecule has 2 aromatic rings. The number of nitrogens with one attached hydrogen (secondary N) is 1. The van der Waals surface area contributed by atoms with Crippen molar-refractivity contribution < 1.29 is 0 Å². The Morgan fingerprint density at radius 3 is 2.86 bits per heavy atom. The molecule has 0 fully saturated rings. The highest BCUT2D eigenvalue weighted by Crippen LogP contribution is 2.18. The number of fused-ring (bicyclic) bond motifs is 1. The van der Waals surface area contributed by atoms with Gasteiger partial charge in [0.25, 0.3) is 0 Å². The minimum Gasteiger partial charge on any atom is -0.357 e. The van der Waals surface area contributed by atoms with Crippen LogP contribution in [-0.4, -0.2) is 17.0 Å². The molecule has 74 valence electrons. The van der Waals surface area contributed by atoms with Crippen LogP contribution in [0.2, 0.25) is 0 Å². The summed E-state index contributed by atoms with van der Waals surface area (Å²) in [6, 6.07) is 5.92. The second-order valence-electron chi connectivity index (χ2n) is 2.65. The van der Waals surface area contributed by atoms with E-state index in [1.54, 1.807) is 13.2 Å². The summed E-state index contributed by atoms with van der Waals surface area (Å²) in [7, 11) is 1.81. The van der Waals surface area contributed by atoms with Gasteiger partial charge in [-0.1, -0.05) is 15.9 Å². The van der Waals surface area contributed by atoms with E-state index in [0.29, 0.717) is 5.95 Å². The van der Waals surface area contributed by atoms with Gasteiger partial charge in [0, 0.05) is 23.1 Å². The summed E-state index contributed by atoms with van der Waals surface area (Å²) in [5.74, 6) is 0.648. The van der Waals surface area contributed by atoms with E-state index in [1.807, 2.05) is 18.2 Å². The molecule has 0 atom stereocenters. The van der Waals surface area contributed by atoms with Gasteiger partial charge in [0.2, 0.25) is 5.95 Å². The summed E-state index contributed by atoms with van der Waals surface area (Å²) in [5.41, 5.74) is 0.947. The van der Waals surface area contributed by atoms with E-state index in [-0.39, 0.29) is 12.4 Å². The fourth-order valence-corrected chi connectivity index (χ4v) is 1.50. The fraction of sp³-hybridized carbons (Fsp3) is 0.111. The highest BCUT2D eigenvalue weighted by atomic mass is 79.9. The normalized spacial score (nSPS) is 9.57. The van der Waals surface area contributed by atoms with E-state index in [4.69, 9.17) is 0 Å². The molecule has 1 aromatic heterocycles. The SMILES string of the molecule is CNc1ncc2cc(Br)ccc2n1.Cl. The quantitative estimate of drug-likeness (QED) is 0.869. The van der Waals surface area contributed by atoms with Gasteiger partial charge >= 0.3 is 0 Å². The summed E-state index contributed by atoms with van der Waals surface area (Å²) in [6.07, 6.45) is 1.80. The molecule has 1 N–H and O–H groups in total. The van der Waals surface area contributed by atoms with Gasteiger partial charge in [-0.2, -0.15) is 0 Å². The van der Waals surface area contributed by atoms with Gasteiger partial charge in [0.05, 0.1) is 5.52 Å². The number of nitrogens with zero attached hydrogens (tertiary/aromatic N) is 2. The first-order valence-electron chi connectivity index (χ1n) is 3.89. The van der Waals surface area contributed by atoms with E-state index >= 15 is 0 Å². The topological polar surface area (TPSA) is 37.8 Å². The van der Waals surface area contributed by atoms with E-state index in [0.717, 1.165) is 15.4 Å². The van der Waals surface area contributed by atoms with Crippen molar-refractivity contribution in [2.24, 2.45) is 0 Å². The Balaban J connectivity index is 0.000000980. The number of anilines is 1. The van der Waals surface area contributed by atoms with Crippen LogP contribution in [0.1, 0.15) is 0 Å². The van der Waals surface area contributed by atoms with Crippen LogP contribution in [0.15, 0.2) is 28.9 Å². The van der Waals surface area contributed by atoms with Crippen molar-refractivity contribution in [2.45, 2.75) is 0 Å². The molecule has 5 heteroatoms. The average molecular weight is 275 g/mol. The molecular weight excluding hydrogens is 265 g/mol. The van der Waals surface area contributed by atoms with Crippen LogP contribution >= 0.6 is 28.3 Å². The molecule has 0 spiro atoms. The second kappa shape index (κ2) is 4.57. The smallest absolute Gasteiger partial charge is 0.222 e. The molecule has 0 aliphatic heterocycles. The van der Waals surface area contributed by atoms with Crippen LogP contribution in [0.5, 0.6) is 0 Å². The highest BCUT2D eigenvalue weighted by Gasteiger charge is 1.97. The van der Waals surface area contributed by atoms with Gasteiger partial charge in [-0.3, -0.25) is 0 Å². The number of aromatic nitrogens is 2. The lowest BCUT2D eigenvalue weighted by Gasteiger charge is -2.00. The lowest BCUT2D eigenvalue weighted by molar-refractivity contribution is 1.19. The minimum atomic E-state index is 0. The van der Waals surface area contributed by atoms with E-state index in [1.165, 1.54) is 0 Å². The van der Waals surface area contributed by atoms with Crippen LogP contribution in [0.3, 0.4) is 0 Å². The van der Waals surface area contributed by atoms with Gasteiger partial charge in [-0.15, -0.1) is 12.4 Å². The Bertz CT molecular complexity index is 447. The van der Waals surface area contributed by atoms with Crippen LogP contribution in [0.25, 0.3) is 10.9 Å². The van der Waals surface area contributed by atoms with Gasteiger partial charge in [-0.25, -0.2) is 9.97 Å². The van der Waals surface area contributed by atoms with Crippen molar-refractivity contribution in [1.29, 1.82) is 0 Å². The number of hydrogen-bond acceptors (Lipinski definition) is 3. The molecule has 0 aliphatic carbocycles. The molecule has 2 rings (SSSR count). The maximum Gasteiger partial charge on any atom is 0.222 e. The summed E-state index contributed by atoms with van der Waals surface area (Å²) < 4.78 is 1.04. The van der Waals surface area contributed by atoms with E-state index in [9.17, 15) is 0 Å². The monoisotopic (exact) mass is 273 g/mol. The zero-order valence-corrected chi connectivity index (χ0v) is 9.89. The molecule has 0 radical (unpaired) electrons. The number of benzene rings is 1. The van der Waals surface area contributed by atoms with Crippen LogP contribution < -0.4 is 5.32 Å². The summed E-state index contributed by atoms with van der Waals surface area (Å²) in [4.78, 5) is 8.42. The number of rotatable bonds is 1. The summed E-state index contributed by atoms with van der Waals surface area (Å²) in [5, 5.41) is 3.94. The molecule has 0 saturated heterocycles. The molecule has 0 saturated carbocycles. The molecule has 1 heterocycles. The van der Waals surface area contributed by atoms with Crippen molar-refractivity contribution in [2.75, 3.05) is 12.4 Å². The number of hydrogen-bond donors (Lipinski definition) is 1. The molecule has 0 bridgehead atoms. The van der Waals surface area contributed by atoms with Crippen molar-refractivity contribution in [3.63, 3.8) is 0 Å². The molecule has 3 nitrogen and oxygen atoms in total. The van der Waals surface area contributed by atoms with Crippen molar-refractivity contribution >= 4 is 45.2 Å². The first-order valence-corrected chi connectivity index (χ1v) is 4.69. The van der Waals surface area contributed by atoms with Crippen LogP contribution in [-0.2, 0) is 0 Å². The van der Waals surface area contributed by atoms with Gasteiger partial charge in [0.1, 0.15) is 0 Å². The van der Waals surface area contributed by atoms with Crippen molar-refractivity contribution in [3.05, 3.63) is 28.9 Å². The zero-order chi connectivity index (χ0) is 9.26. The molecule has 0 aliphatic rings. The highest BCUT2D eigenvalue weighted by molar-refractivity contribution is 9.10. The van der Waals surface area contributed by atoms with E-state index < -0.39 is 0 Å². The first-order chi connectivity index (χ1) is 6.29. The predicted molar refractivity (Wildman–Crippen MR) is 64.0 cm³/mol. The Kier molecular flexibility index (Phi) is 3.66. The van der Waals surface area contributed by atoms with Crippen molar-refractivity contribution in [1.82, 2.24) is 9.97 Å². The van der Waals surface area contributed by atoms with Crippen LogP contribution in [0.4, 0.5) is 5.95 Å². The van der Waals surface area contributed by atoms with Crippen LogP contribution in [0, 0.1) is 0 Å². The summed E-state index contributed by atoms with van der Waals surface area (Å²) >= 11 is 3.40. The van der Waals surface area contributed by atoms with Crippen molar-refractivity contribution in [3.8, 4) is 0 Å². The van der Waals surface area contributed by atoms with Gasteiger partial charge in [0.15, 0.2) is 0 Å². The lowest BCUT2D eigenvalue weighted by atomic mass is 10.2. The Morgan fingerprint density at radius 1 is 1.36 bits per heavy atom. The largest absolute Gasteiger partial charge is 0.357 e. The Labute approximate surface area is 96.5 Å². The standard InChI is InChI=1S/C9H8BrN3.ClH/c1-11-9-12-5-6-4-7(10)2-3-8(6)13-9;/h2-5H,1H3,(H,11,12,13);1H. The molecule has 0 unspecified atom stereocenters. The maximum absolute atomic E-state index is 4.29. The number of halogens is 2. The Hall–Kier alpha value is -0.870. The third-order valence-electron chi connectivity index (χ3n) is 1.77. The Morgan fingerprint density at radius 2 is 2.14 bits per heavy atom. The predicted octanol–water partition coefficient (Wildman–Crippen LogP) is 2.86. The molecule has 1 aromatic carbocycles. The second-order valence-corrected chi connectivity index (χ2v) is 3.56. The third kappa shape index (κ3) is 2.13. The zero-order valence-electron chi connectivity index (χ0n) is 7.49.